The average Bonchev–Trinajstić information content (AvgIpc) is 2.68. The number of methoxy groups -OCH3 is 1. The summed E-state index contributed by atoms with van der Waals surface area (Å²) in [6.45, 7) is 2.27. The van der Waals surface area contributed by atoms with Crippen molar-refractivity contribution >= 4 is 22.8 Å². The van der Waals surface area contributed by atoms with Crippen LogP contribution in [0.2, 0.25) is 0 Å². The van der Waals surface area contributed by atoms with E-state index >= 15 is 0 Å². The summed E-state index contributed by atoms with van der Waals surface area (Å²) in [7, 11) is 1.41. The van der Waals surface area contributed by atoms with Crippen LogP contribution in [0.25, 0.3) is 16.8 Å². The number of allylic oxidation sites excluding steroid dienone is 1. The Bertz CT molecular complexity index is 715. The molecule has 140 valence electrons. The van der Waals surface area contributed by atoms with Gasteiger partial charge in [0.25, 0.3) is 0 Å². The Balaban J connectivity index is 1.76. The van der Waals surface area contributed by atoms with E-state index in [4.69, 9.17) is 4.74 Å². The molecule has 0 N–H and O–H groups in total. The van der Waals surface area contributed by atoms with Crippen LogP contribution in [0.5, 0.6) is 0 Å². The van der Waals surface area contributed by atoms with E-state index in [1.165, 1.54) is 64.0 Å². The number of benzene rings is 2. The average molecular weight is 353 g/mol. The van der Waals surface area contributed by atoms with Crippen LogP contribution in [0.3, 0.4) is 0 Å². The molecule has 2 aromatic carbocycles. The van der Waals surface area contributed by atoms with Crippen molar-refractivity contribution in [3.63, 3.8) is 0 Å². The van der Waals surface area contributed by atoms with E-state index in [0.717, 1.165) is 17.2 Å². The number of ether oxygens (including phenoxy) is 1. The molecular formula is C24H32O2. The fraction of sp³-hybridized carbons (Fsp3) is 0.458. The molecule has 26 heavy (non-hydrogen) atoms. The molecule has 0 heterocycles. The highest BCUT2D eigenvalue weighted by Gasteiger charge is 2.05. The minimum absolute atomic E-state index is 0.291. The third-order valence-electron chi connectivity index (χ3n) is 4.82. The van der Waals surface area contributed by atoms with Crippen LogP contribution in [0.15, 0.2) is 42.5 Å². The van der Waals surface area contributed by atoms with Gasteiger partial charge in [-0.25, -0.2) is 4.79 Å². The molecule has 0 fully saturated rings. The van der Waals surface area contributed by atoms with Gasteiger partial charge in [0, 0.05) is 0 Å². The number of rotatable bonds is 11. The lowest BCUT2D eigenvalue weighted by molar-refractivity contribution is 0.0601. The predicted molar refractivity (Wildman–Crippen MR) is 112 cm³/mol. The molecule has 2 heteroatoms. The monoisotopic (exact) mass is 352 g/mol. The van der Waals surface area contributed by atoms with E-state index in [2.05, 4.69) is 37.3 Å². The second kappa shape index (κ2) is 11.5. The summed E-state index contributed by atoms with van der Waals surface area (Å²) in [4.78, 5) is 11.6. The number of hydrogen-bond acceptors (Lipinski definition) is 2. The molecule has 0 bridgehead atoms. The first-order chi connectivity index (χ1) is 12.7. The zero-order chi connectivity index (χ0) is 18.6. The number of hydrogen-bond donors (Lipinski definition) is 0. The molecule has 0 atom stereocenters. The minimum atomic E-state index is -0.291. The van der Waals surface area contributed by atoms with Crippen LogP contribution in [0.1, 0.15) is 80.6 Å². The summed E-state index contributed by atoms with van der Waals surface area (Å²) in [5.74, 6) is -0.291. The van der Waals surface area contributed by atoms with E-state index in [1.807, 2.05) is 18.2 Å². The van der Waals surface area contributed by atoms with Crippen molar-refractivity contribution in [2.45, 2.75) is 64.7 Å². The van der Waals surface area contributed by atoms with Gasteiger partial charge in [-0.05, 0) is 47.4 Å². The Hall–Kier alpha value is -2.09. The first kappa shape index (κ1) is 20.2. The molecule has 2 rings (SSSR count). The third-order valence-corrected chi connectivity index (χ3v) is 4.82. The number of carbonyl (C=O) groups excluding carboxylic acids is 1. The zero-order valence-electron chi connectivity index (χ0n) is 16.3. The number of carbonyl (C=O) groups is 1. The summed E-state index contributed by atoms with van der Waals surface area (Å²) in [5, 5.41) is 2.21. The zero-order valence-corrected chi connectivity index (χ0v) is 16.3. The first-order valence-electron chi connectivity index (χ1n) is 10.0. The lowest BCUT2D eigenvalue weighted by Gasteiger charge is -2.03. The van der Waals surface area contributed by atoms with Gasteiger partial charge in [-0.2, -0.15) is 0 Å². The van der Waals surface area contributed by atoms with Crippen molar-refractivity contribution in [1.29, 1.82) is 0 Å². The molecule has 0 aliphatic heterocycles. The molecule has 2 aromatic rings. The second-order valence-corrected chi connectivity index (χ2v) is 6.98. The molecule has 0 saturated carbocycles. The second-order valence-electron chi connectivity index (χ2n) is 6.98. The highest BCUT2D eigenvalue weighted by atomic mass is 16.5. The van der Waals surface area contributed by atoms with Gasteiger partial charge >= 0.3 is 5.97 Å². The van der Waals surface area contributed by atoms with Crippen LogP contribution in [0.4, 0.5) is 0 Å². The SMILES string of the molecule is CCCCCCCCCCC=Cc1ccc2cc(C(=O)OC)ccc2c1. The Morgan fingerprint density at radius 2 is 1.54 bits per heavy atom. The van der Waals surface area contributed by atoms with Crippen molar-refractivity contribution in [3.8, 4) is 0 Å². The Morgan fingerprint density at radius 3 is 2.27 bits per heavy atom. The van der Waals surface area contributed by atoms with E-state index in [9.17, 15) is 4.79 Å². The molecule has 2 nitrogen and oxygen atoms in total. The molecule has 0 spiro atoms. The topological polar surface area (TPSA) is 26.3 Å². The largest absolute Gasteiger partial charge is 0.465 e. The Labute approximate surface area is 158 Å². The van der Waals surface area contributed by atoms with Crippen LogP contribution < -0.4 is 0 Å². The van der Waals surface area contributed by atoms with Crippen molar-refractivity contribution in [2.75, 3.05) is 7.11 Å². The van der Waals surface area contributed by atoms with E-state index in [0.29, 0.717) is 5.56 Å². The van der Waals surface area contributed by atoms with Crippen molar-refractivity contribution in [3.05, 3.63) is 53.6 Å². The van der Waals surface area contributed by atoms with E-state index in [-0.39, 0.29) is 5.97 Å². The van der Waals surface area contributed by atoms with Crippen LogP contribution in [0, 0.1) is 0 Å². The highest BCUT2D eigenvalue weighted by molar-refractivity contribution is 5.95. The summed E-state index contributed by atoms with van der Waals surface area (Å²) in [6.07, 6.45) is 16.5. The quantitative estimate of drug-likeness (QED) is 0.316. The molecule has 0 unspecified atom stereocenters. The smallest absolute Gasteiger partial charge is 0.337 e. The number of esters is 1. The van der Waals surface area contributed by atoms with Gasteiger partial charge in [-0.1, -0.05) is 82.2 Å². The van der Waals surface area contributed by atoms with E-state index in [1.54, 1.807) is 0 Å². The fourth-order valence-electron chi connectivity index (χ4n) is 3.23. The molecule has 0 aliphatic carbocycles. The standard InChI is InChI=1S/C24H32O2/c1-3-4-5-6-7-8-9-10-11-12-13-20-14-15-22-19-23(24(25)26-2)17-16-21(22)18-20/h12-19H,3-11H2,1-2H3. The predicted octanol–water partition coefficient (Wildman–Crippen LogP) is 7.17. The number of fused-ring (bicyclic) bond motifs is 1. The maximum Gasteiger partial charge on any atom is 0.337 e. The lowest BCUT2D eigenvalue weighted by atomic mass is 10.0. The molecule has 0 radical (unpaired) electrons. The van der Waals surface area contributed by atoms with Gasteiger partial charge in [0.15, 0.2) is 0 Å². The van der Waals surface area contributed by atoms with Crippen molar-refractivity contribution in [2.24, 2.45) is 0 Å². The Kier molecular flexibility index (Phi) is 8.95. The summed E-state index contributed by atoms with van der Waals surface area (Å²) in [5.41, 5.74) is 1.81. The van der Waals surface area contributed by atoms with Gasteiger partial charge < -0.3 is 4.74 Å². The first-order valence-corrected chi connectivity index (χ1v) is 10.0. The van der Waals surface area contributed by atoms with Gasteiger partial charge in [0.05, 0.1) is 12.7 Å². The normalized spacial score (nSPS) is 11.3. The highest BCUT2D eigenvalue weighted by Crippen LogP contribution is 2.19. The van der Waals surface area contributed by atoms with Crippen LogP contribution in [-0.4, -0.2) is 13.1 Å². The molecule has 0 aromatic heterocycles. The molecule has 0 saturated heterocycles. The maximum atomic E-state index is 11.6. The van der Waals surface area contributed by atoms with Gasteiger partial charge in [0.1, 0.15) is 0 Å². The van der Waals surface area contributed by atoms with Crippen LogP contribution >= 0.6 is 0 Å². The Morgan fingerprint density at radius 1 is 0.885 bits per heavy atom. The van der Waals surface area contributed by atoms with Gasteiger partial charge in [0.2, 0.25) is 0 Å². The summed E-state index contributed by atoms with van der Waals surface area (Å²) < 4.78 is 4.78. The van der Waals surface area contributed by atoms with Gasteiger partial charge in [-0.3, -0.25) is 0 Å². The lowest BCUT2D eigenvalue weighted by Crippen LogP contribution is -2.00. The fourth-order valence-corrected chi connectivity index (χ4v) is 3.23. The van der Waals surface area contributed by atoms with Crippen LogP contribution in [-0.2, 0) is 4.74 Å². The number of unbranched alkanes of at least 4 members (excludes halogenated alkanes) is 8. The van der Waals surface area contributed by atoms with Crippen molar-refractivity contribution < 1.29 is 9.53 Å². The van der Waals surface area contributed by atoms with E-state index < -0.39 is 0 Å². The molecule has 0 amide bonds. The molecule has 0 aliphatic rings. The maximum absolute atomic E-state index is 11.6. The van der Waals surface area contributed by atoms with Crippen molar-refractivity contribution in [1.82, 2.24) is 0 Å². The minimum Gasteiger partial charge on any atom is -0.465 e. The summed E-state index contributed by atoms with van der Waals surface area (Å²) in [6, 6.07) is 12.0. The van der Waals surface area contributed by atoms with Gasteiger partial charge in [-0.15, -0.1) is 0 Å². The summed E-state index contributed by atoms with van der Waals surface area (Å²) >= 11 is 0. The third kappa shape index (κ3) is 6.67. The molecular weight excluding hydrogens is 320 g/mol.